The second-order valence-corrected chi connectivity index (χ2v) is 5.65. The van der Waals surface area contributed by atoms with Gasteiger partial charge in [0.25, 0.3) is 0 Å². The molecule has 1 aliphatic rings. The predicted molar refractivity (Wildman–Crippen MR) is 77.6 cm³/mol. The van der Waals surface area contributed by atoms with Crippen LogP contribution in [0.1, 0.15) is 71.1 Å². The summed E-state index contributed by atoms with van der Waals surface area (Å²) in [5.41, 5.74) is 0.314. The molecule has 0 atom stereocenters. The average molecular weight is 282 g/mol. The van der Waals surface area contributed by atoms with Crippen LogP contribution in [0.15, 0.2) is 11.1 Å². The lowest BCUT2D eigenvalue weighted by molar-refractivity contribution is -0.136. The fourth-order valence-electron chi connectivity index (χ4n) is 3.03. The molecule has 1 aliphatic carbocycles. The molecule has 1 rings (SSSR count). The molecule has 0 aliphatic heterocycles. The summed E-state index contributed by atoms with van der Waals surface area (Å²) in [5, 5.41) is 18.8. The minimum atomic E-state index is -1.05. The molecule has 0 amide bonds. The van der Waals surface area contributed by atoms with Gasteiger partial charge in [-0.05, 0) is 31.6 Å². The largest absolute Gasteiger partial charge is 0.478 e. The fraction of sp³-hybridized carbons (Fsp3) is 0.750. The lowest BCUT2D eigenvalue weighted by Crippen LogP contribution is -2.21. The summed E-state index contributed by atoms with van der Waals surface area (Å²) in [5.74, 6) is -2.16. The quantitative estimate of drug-likeness (QED) is 0.521. The minimum absolute atomic E-state index is 0.0708. The van der Waals surface area contributed by atoms with Crippen LogP contribution < -0.4 is 0 Å². The highest BCUT2D eigenvalue weighted by Crippen LogP contribution is 2.33. The molecular formula is C16H26O4. The van der Waals surface area contributed by atoms with E-state index in [4.69, 9.17) is 0 Å². The number of carbonyl (C=O) groups is 2. The van der Waals surface area contributed by atoms with Crippen LogP contribution in [0.5, 0.6) is 0 Å². The minimum Gasteiger partial charge on any atom is -0.478 e. The van der Waals surface area contributed by atoms with Gasteiger partial charge in [0.15, 0.2) is 0 Å². The predicted octanol–water partition coefficient (Wildman–Crippen LogP) is 4.00. The molecule has 0 radical (unpaired) electrons. The molecule has 0 heterocycles. The van der Waals surface area contributed by atoms with Crippen LogP contribution >= 0.6 is 0 Å². The number of unbranched alkanes of at least 4 members (excludes halogenated alkanes) is 3. The first-order valence-corrected chi connectivity index (χ1v) is 7.77. The van der Waals surface area contributed by atoms with Gasteiger partial charge in [-0.1, -0.05) is 45.4 Å². The molecule has 1 saturated carbocycles. The van der Waals surface area contributed by atoms with E-state index < -0.39 is 11.9 Å². The van der Waals surface area contributed by atoms with Gasteiger partial charge in [-0.25, -0.2) is 9.59 Å². The number of hydrogen-bond donors (Lipinski definition) is 2. The fourth-order valence-corrected chi connectivity index (χ4v) is 3.03. The van der Waals surface area contributed by atoms with E-state index in [2.05, 4.69) is 6.92 Å². The van der Waals surface area contributed by atoms with Gasteiger partial charge in [0.1, 0.15) is 0 Å². The summed E-state index contributed by atoms with van der Waals surface area (Å²) >= 11 is 0. The first-order chi connectivity index (χ1) is 9.57. The van der Waals surface area contributed by atoms with E-state index in [0.29, 0.717) is 6.42 Å². The number of carboxylic acid groups (broad SMARTS) is 2. The molecule has 2 N–H and O–H groups in total. The molecular weight excluding hydrogens is 256 g/mol. The lowest BCUT2D eigenvalue weighted by atomic mass is 9.81. The Kier molecular flexibility index (Phi) is 7.34. The Bertz CT molecular complexity index is 365. The third kappa shape index (κ3) is 4.99. The van der Waals surface area contributed by atoms with Crippen LogP contribution in [0, 0.1) is 5.92 Å². The van der Waals surface area contributed by atoms with Crippen molar-refractivity contribution in [3.8, 4) is 0 Å². The summed E-state index contributed by atoms with van der Waals surface area (Å²) in [6, 6.07) is 0. The number of aliphatic carboxylic acids is 2. The second-order valence-electron chi connectivity index (χ2n) is 5.65. The molecule has 4 nitrogen and oxygen atoms in total. The summed E-state index contributed by atoms with van der Waals surface area (Å²) in [4.78, 5) is 22.9. The summed E-state index contributed by atoms with van der Waals surface area (Å²) in [6.45, 7) is 2.10. The Morgan fingerprint density at radius 3 is 2.10 bits per heavy atom. The van der Waals surface area contributed by atoms with Crippen LogP contribution in [0.4, 0.5) is 0 Å². The van der Waals surface area contributed by atoms with E-state index in [-0.39, 0.29) is 17.1 Å². The number of rotatable bonds is 8. The topological polar surface area (TPSA) is 74.6 Å². The van der Waals surface area contributed by atoms with Gasteiger partial charge in [0.05, 0.1) is 5.57 Å². The van der Waals surface area contributed by atoms with Crippen molar-refractivity contribution in [1.29, 1.82) is 0 Å². The zero-order chi connectivity index (χ0) is 15.0. The first-order valence-electron chi connectivity index (χ1n) is 7.77. The van der Waals surface area contributed by atoms with Gasteiger partial charge >= 0.3 is 11.9 Å². The van der Waals surface area contributed by atoms with E-state index in [0.717, 1.165) is 57.8 Å². The van der Waals surface area contributed by atoms with Crippen LogP contribution in [-0.4, -0.2) is 22.2 Å². The zero-order valence-electron chi connectivity index (χ0n) is 12.4. The molecule has 0 aromatic carbocycles. The maximum atomic E-state index is 11.5. The first kappa shape index (κ1) is 16.7. The summed E-state index contributed by atoms with van der Waals surface area (Å²) < 4.78 is 0. The number of hydrogen-bond acceptors (Lipinski definition) is 2. The van der Waals surface area contributed by atoms with Gasteiger partial charge in [-0.2, -0.15) is 0 Å². The number of carboxylic acids is 2. The van der Waals surface area contributed by atoms with Crippen molar-refractivity contribution in [2.45, 2.75) is 71.1 Å². The Labute approximate surface area is 120 Å². The van der Waals surface area contributed by atoms with E-state index in [9.17, 15) is 19.8 Å². The van der Waals surface area contributed by atoms with Crippen molar-refractivity contribution in [3.63, 3.8) is 0 Å². The zero-order valence-corrected chi connectivity index (χ0v) is 12.4. The van der Waals surface area contributed by atoms with Gasteiger partial charge in [0, 0.05) is 5.57 Å². The van der Waals surface area contributed by atoms with Crippen LogP contribution in [-0.2, 0) is 9.59 Å². The van der Waals surface area contributed by atoms with Crippen molar-refractivity contribution >= 4 is 11.9 Å². The van der Waals surface area contributed by atoms with Crippen molar-refractivity contribution < 1.29 is 19.8 Å². The summed E-state index contributed by atoms with van der Waals surface area (Å²) in [7, 11) is 0. The SMILES string of the molecule is CCCCCCC(C(=O)O)=C(C(=O)O)C1CCCCC1. The highest BCUT2D eigenvalue weighted by molar-refractivity contribution is 5.99. The van der Waals surface area contributed by atoms with Crippen molar-refractivity contribution in [1.82, 2.24) is 0 Å². The standard InChI is InChI=1S/C16H26O4/c1-2-3-4-8-11-13(15(17)18)14(16(19)20)12-9-6-5-7-10-12/h12H,2-11H2,1H3,(H,17,18)(H,19,20). The molecule has 0 aromatic rings. The Morgan fingerprint density at radius 1 is 0.950 bits per heavy atom. The van der Waals surface area contributed by atoms with E-state index in [1.54, 1.807) is 0 Å². The van der Waals surface area contributed by atoms with Gasteiger partial charge in [-0.15, -0.1) is 0 Å². The molecule has 114 valence electrons. The third-order valence-corrected chi connectivity index (χ3v) is 4.11. The Morgan fingerprint density at radius 2 is 1.60 bits per heavy atom. The van der Waals surface area contributed by atoms with E-state index in [1.807, 2.05) is 0 Å². The maximum absolute atomic E-state index is 11.5. The van der Waals surface area contributed by atoms with Crippen molar-refractivity contribution in [2.75, 3.05) is 0 Å². The van der Waals surface area contributed by atoms with Gasteiger partial charge in [0.2, 0.25) is 0 Å². The molecule has 1 fully saturated rings. The highest BCUT2D eigenvalue weighted by Gasteiger charge is 2.28. The molecule has 4 heteroatoms. The monoisotopic (exact) mass is 282 g/mol. The van der Waals surface area contributed by atoms with Crippen molar-refractivity contribution in [3.05, 3.63) is 11.1 Å². The van der Waals surface area contributed by atoms with Gasteiger partial charge in [-0.3, -0.25) is 0 Å². The van der Waals surface area contributed by atoms with E-state index in [1.165, 1.54) is 0 Å². The highest BCUT2D eigenvalue weighted by atomic mass is 16.4. The normalized spacial score (nSPS) is 17.6. The molecule has 20 heavy (non-hydrogen) atoms. The molecule has 0 unspecified atom stereocenters. The van der Waals surface area contributed by atoms with Crippen molar-refractivity contribution in [2.24, 2.45) is 5.92 Å². The smallest absolute Gasteiger partial charge is 0.332 e. The van der Waals surface area contributed by atoms with Gasteiger partial charge < -0.3 is 10.2 Å². The second kappa shape index (κ2) is 8.77. The maximum Gasteiger partial charge on any atom is 0.332 e. The molecule has 0 saturated heterocycles. The van der Waals surface area contributed by atoms with E-state index >= 15 is 0 Å². The third-order valence-electron chi connectivity index (χ3n) is 4.11. The molecule has 0 spiro atoms. The lowest BCUT2D eigenvalue weighted by Gasteiger charge is -2.23. The molecule has 0 aromatic heterocycles. The van der Waals surface area contributed by atoms with Crippen LogP contribution in [0.25, 0.3) is 0 Å². The summed E-state index contributed by atoms with van der Waals surface area (Å²) in [6.07, 6.45) is 9.02. The van der Waals surface area contributed by atoms with Crippen LogP contribution in [0.2, 0.25) is 0 Å². The Hall–Kier alpha value is -1.32. The molecule has 0 bridgehead atoms. The average Bonchev–Trinajstić information content (AvgIpc) is 2.42. The Balaban J connectivity index is 2.87. The van der Waals surface area contributed by atoms with Crippen LogP contribution in [0.3, 0.4) is 0 Å².